The Hall–Kier alpha value is -3.20. The second kappa shape index (κ2) is 9.30. The number of aryl methyl sites for hydroxylation is 1. The van der Waals surface area contributed by atoms with Gasteiger partial charge in [-0.2, -0.15) is 0 Å². The first kappa shape index (κ1) is 21.0. The van der Waals surface area contributed by atoms with Gasteiger partial charge in [0.15, 0.2) is 0 Å². The molecule has 164 valence electrons. The molecule has 1 aliphatic heterocycles. The van der Waals surface area contributed by atoms with E-state index in [1.54, 1.807) is 19.3 Å². The van der Waals surface area contributed by atoms with Crippen molar-refractivity contribution in [2.24, 2.45) is 0 Å². The van der Waals surface area contributed by atoms with Gasteiger partial charge >= 0.3 is 6.03 Å². The predicted octanol–water partition coefficient (Wildman–Crippen LogP) is 1.75. The lowest BCUT2D eigenvalue weighted by Gasteiger charge is -2.36. The predicted molar refractivity (Wildman–Crippen MR) is 119 cm³/mol. The number of pyridine rings is 2. The molecule has 0 unspecified atom stereocenters. The maximum atomic E-state index is 11.9. The number of nitrogens with zero attached hydrogens (tertiary/aromatic N) is 4. The van der Waals surface area contributed by atoms with Crippen LogP contribution in [0, 0.1) is 6.92 Å². The Morgan fingerprint density at radius 1 is 1.13 bits per heavy atom. The Bertz CT molecular complexity index is 953. The van der Waals surface area contributed by atoms with Crippen molar-refractivity contribution in [3.63, 3.8) is 0 Å². The summed E-state index contributed by atoms with van der Waals surface area (Å²) in [5, 5.41) is 8.34. The van der Waals surface area contributed by atoms with Gasteiger partial charge in [0.2, 0.25) is 0 Å². The Labute approximate surface area is 182 Å². The molecule has 1 saturated heterocycles. The monoisotopic (exact) mass is 423 g/mol. The van der Waals surface area contributed by atoms with Crippen LogP contribution in [0.15, 0.2) is 30.5 Å². The van der Waals surface area contributed by atoms with E-state index in [9.17, 15) is 9.59 Å². The van der Waals surface area contributed by atoms with Crippen molar-refractivity contribution in [2.45, 2.75) is 32.4 Å². The fraction of sp³-hybridized carbons (Fsp3) is 0.455. The first-order chi connectivity index (χ1) is 15.0. The van der Waals surface area contributed by atoms with Crippen molar-refractivity contribution in [3.8, 4) is 0 Å². The van der Waals surface area contributed by atoms with Crippen molar-refractivity contribution in [2.75, 3.05) is 43.4 Å². The lowest BCUT2D eigenvalue weighted by molar-refractivity contribution is 0.0958. The highest BCUT2D eigenvalue weighted by Crippen LogP contribution is 2.22. The van der Waals surface area contributed by atoms with Gasteiger partial charge in [-0.25, -0.2) is 14.8 Å². The van der Waals surface area contributed by atoms with Gasteiger partial charge in [0.25, 0.3) is 5.91 Å². The number of rotatable bonds is 6. The number of hydrogen-bond acceptors (Lipinski definition) is 6. The Balaban J connectivity index is 1.30. The van der Waals surface area contributed by atoms with Crippen LogP contribution < -0.4 is 20.9 Å². The minimum atomic E-state index is -0.188. The number of anilines is 2. The molecule has 1 aliphatic carbocycles. The van der Waals surface area contributed by atoms with Crippen LogP contribution in [-0.4, -0.2) is 66.1 Å². The Morgan fingerprint density at radius 3 is 2.58 bits per heavy atom. The molecule has 4 rings (SSSR count). The average molecular weight is 424 g/mol. The van der Waals surface area contributed by atoms with E-state index in [0.717, 1.165) is 62.5 Å². The number of nitrogens with one attached hydrogen (secondary N) is 3. The van der Waals surface area contributed by atoms with E-state index in [4.69, 9.17) is 0 Å². The maximum absolute atomic E-state index is 11.9. The number of piperazine rings is 1. The number of amides is 3. The standard InChI is InChI=1S/C22H29N7O2/c1-15-19(6-5-18(25-15)21(30)23-2)29-11-9-28(10-12-29)14-16-7-8-24-20(13-16)27-22(31)26-17-3-4-17/h5-8,13,17H,3-4,9-12,14H2,1-2H3,(H,23,30)(H2,24,26,27,31). The van der Waals surface area contributed by atoms with Crippen LogP contribution in [-0.2, 0) is 6.54 Å². The molecule has 0 atom stereocenters. The maximum Gasteiger partial charge on any atom is 0.320 e. The first-order valence-corrected chi connectivity index (χ1v) is 10.7. The smallest absolute Gasteiger partial charge is 0.320 e. The summed E-state index contributed by atoms with van der Waals surface area (Å²) in [6.45, 7) is 6.37. The number of carbonyl (C=O) groups excluding carboxylic acids is 2. The molecule has 1 saturated carbocycles. The lowest BCUT2D eigenvalue weighted by atomic mass is 10.2. The molecule has 3 amide bonds. The van der Waals surface area contributed by atoms with Gasteiger partial charge in [-0.3, -0.25) is 15.0 Å². The molecule has 2 aromatic rings. The largest absolute Gasteiger partial charge is 0.368 e. The van der Waals surface area contributed by atoms with E-state index >= 15 is 0 Å². The molecule has 2 aliphatic rings. The zero-order valence-electron chi connectivity index (χ0n) is 18.0. The number of aromatic nitrogens is 2. The van der Waals surface area contributed by atoms with Gasteiger partial charge < -0.3 is 15.5 Å². The molecule has 2 fully saturated rings. The van der Waals surface area contributed by atoms with E-state index in [1.807, 2.05) is 25.1 Å². The van der Waals surface area contributed by atoms with E-state index in [1.165, 1.54) is 0 Å². The normalized spacial score (nSPS) is 16.6. The van der Waals surface area contributed by atoms with Gasteiger partial charge in [0, 0.05) is 52.0 Å². The van der Waals surface area contributed by atoms with Gasteiger partial charge in [0.1, 0.15) is 11.5 Å². The summed E-state index contributed by atoms with van der Waals surface area (Å²) in [5.41, 5.74) is 3.50. The van der Waals surface area contributed by atoms with Crippen molar-refractivity contribution < 1.29 is 9.59 Å². The Morgan fingerprint density at radius 2 is 1.90 bits per heavy atom. The van der Waals surface area contributed by atoms with Crippen LogP contribution >= 0.6 is 0 Å². The molecular formula is C22H29N7O2. The third-order valence-corrected chi connectivity index (χ3v) is 5.62. The number of carbonyl (C=O) groups is 2. The molecule has 31 heavy (non-hydrogen) atoms. The highest BCUT2D eigenvalue weighted by molar-refractivity contribution is 5.92. The molecule has 0 spiro atoms. The number of hydrogen-bond donors (Lipinski definition) is 3. The van der Waals surface area contributed by atoms with Crippen molar-refractivity contribution in [1.82, 2.24) is 25.5 Å². The SMILES string of the molecule is CNC(=O)c1ccc(N2CCN(Cc3ccnc(NC(=O)NC4CC4)c3)CC2)c(C)n1. The van der Waals surface area contributed by atoms with Crippen molar-refractivity contribution >= 4 is 23.4 Å². The summed E-state index contributed by atoms with van der Waals surface area (Å²) in [4.78, 5) is 37.1. The molecule has 0 bridgehead atoms. The van der Waals surface area contributed by atoms with Gasteiger partial charge in [-0.15, -0.1) is 0 Å². The molecular weight excluding hydrogens is 394 g/mol. The summed E-state index contributed by atoms with van der Waals surface area (Å²) < 4.78 is 0. The lowest BCUT2D eigenvalue weighted by Crippen LogP contribution is -2.46. The van der Waals surface area contributed by atoms with Crippen LogP contribution in [0.25, 0.3) is 0 Å². The molecule has 3 N–H and O–H groups in total. The first-order valence-electron chi connectivity index (χ1n) is 10.7. The van der Waals surface area contributed by atoms with Crippen LogP contribution in [0.4, 0.5) is 16.3 Å². The molecule has 9 heteroatoms. The van der Waals surface area contributed by atoms with Gasteiger partial charge in [0.05, 0.1) is 11.4 Å². The summed E-state index contributed by atoms with van der Waals surface area (Å²) >= 11 is 0. The fourth-order valence-corrected chi connectivity index (χ4v) is 3.75. The summed E-state index contributed by atoms with van der Waals surface area (Å²) in [6.07, 6.45) is 3.85. The fourth-order valence-electron chi connectivity index (χ4n) is 3.75. The summed E-state index contributed by atoms with van der Waals surface area (Å²) in [7, 11) is 1.61. The second-order valence-corrected chi connectivity index (χ2v) is 8.07. The van der Waals surface area contributed by atoms with Crippen LogP contribution in [0.1, 0.15) is 34.6 Å². The highest BCUT2D eigenvalue weighted by Gasteiger charge is 2.23. The van der Waals surface area contributed by atoms with E-state index < -0.39 is 0 Å². The van der Waals surface area contributed by atoms with Gasteiger partial charge in [-0.05, 0) is 49.6 Å². The average Bonchev–Trinajstić information content (AvgIpc) is 3.58. The van der Waals surface area contributed by atoms with E-state index in [2.05, 4.69) is 35.7 Å². The Kier molecular flexibility index (Phi) is 6.31. The van der Waals surface area contributed by atoms with Crippen molar-refractivity contribution in [1.29, 1.82) is 0 Å². The number of urea groups is 1. The molecule has 3 heterocycles. The van der Waals surface area contributed by atoms with Crippen LogP contribution in [0.5, 0.6) is 0 Å². The van der Waals surface area contributed by atoms with Crippen LogP contribution in [0.3, 0.4) is 0 Å². The molecule has 2 aromatic heterocycles. The summed E-state index contributed by atoms with van der Waals surface area (Å²) in [5.74, 6) is 0.405. The minimum absolute atomic E-state index is 0.171. The van der Waals surface area contributed by atoms with Crippen LogP contribution in [0.2, 0.25) is 0 Å². The zero-order chi connectivity index (χ0) is 21.8. The summed E-state index contributed by atoms with van der Waals surface area (Å²) in [6, 6.07) is 7.81. The third-order valence-electron chi connectivity index (χ3n) is 5.62. The minimum Gasteiger partial charge on any atom is -0.368 e. The molecule has 0 aromatic carbocycles. The quantitative estimate of drug-likeness (QED) is 0.654. The van der Waals surface area contributed by atoms with E-state index in [0.29, 0.717) is 17.6 Å². The third kappa shape index (κ3) is 5.49. The zero-order valence-corrected chi connectivity index (χ0v) is 18.0. The topological polar surface area (TPSA) is 102 Å². The van der Waals surface area contributed by atoms with Gasteiger partial charge in [-0.1, -0.05) is 0 Å². The van der Waals surface area contributed by atoms with Crippen molar-refractivity contribution in [3.05, 3.63) is 47.4 Å². The second-order valence-electron chi connectivity index (χ2n) is 8.07. The molecule has 9 nitrogen and oxygen atoms in total. The molecule has 0 radical (unpaired) electrons. The van der Waals surface area contributed by atoms with E-state index in [-0.39, 0.29) is 11.9 Å². The highest BCUT2D eigenvalue weighted by atomic mass is 16.2.